The second-order valence-electron chi connectivity index (χ2n) is 6.01. The number of benzene rings is 1. The lowest BCUT2D eigenvalue weighted by atomic mass is 9.97. The van der Waals surface area contributed by atoms with Gasteiger partial charge in [0.2, 0.25) is 0 Å². The number of aromatic amines is 1. The summed E-state index contributed by atoms with van der Waals surface area (Å²) in [5.41, 5.74) is 9.50. The molecule has 4 aromatic rings. The summed E-state index contributed by atoms with van der Waals surface area (Å²) in [7, 11) is 0. The van der Waals surface area contributed by atoms with Gasteiger partial charge < -0.3 is 10.1 Å². The van der Waals surface area contributed by atoms with E-state index in [-0.39, 0.29) is 5.82 Å². The number of aryl methyl sites for hydroxylation is 1. The highest BCUT2D eigenvalue weighted by atomic mass is 19.1. The van der Waals surface area contributed by atoms with Crippen LogP contribution in [0.3, 0.4) is 0 Å². The Morgan fingerprint density at radius 1 is 1.16 bits per heavy atom. The van der Waals surface area contributed by atoms with E-state index in [0.29, 0.717) is 33.8 Å². The third-order valence-corrected chi connectivity index (χ3v) is 3.93. The molecule has 0 radical (unpaired) electrons. The average Bonchev–Trinajstić information content (AvgIpc) is 3.19. The minimum atomic E-state index is -0.251. The predicted molar refractivity (Wildman–Crippen MR) is 97.9 cm³/mol. The molecule has 0 aliphatic rings. The van der Waals surface area contributed by atoms with Crippen LogP contribution in [-0.2, 0) is 0 Å². The fourth-order valence-electron chi connectivity index (χ4n) is 2.84. The summed E-state index contributed by atoms with van der Waals surface area (Å²) in [4.78, 5) is 8.54. The number of halogens is 1. The Labute approximate surface area is 144 Å². The SMILES string of the molecule is CCC.Cc1c(F)c(C)c2[nH]ncc2c1-c1cn2cc(N)nc2cn1. The topological polar surface area (TPSA) is 84.9 Å². The molecule has 0 saturated carbocycles. The lowest BCUT2D eigenvalue weighted by molar-refractivity contribution is 0.612. The third kappa shape index (κ3) is 2.82. The van der Waals surface area contributed by atoms with Gasteiger partial charge in [-0.05, 0) is 19.4 Å². The van der Waals surface area contributed by atoms with Gasteiger partial charge in [0.25, 0.3) is 0 Å². The van der Waals surface area contributed by atoms with Crippen molar-refractivity contribution in [2.75, 3.05) is 5.73 Å². The van der Waals surface area contributed by atoms with Gasteiger partial charge in [-0.25, -0.2) is 9.37 Å². The van der Waals surface area contributed by atoms with E-state index in [9.17, 15) is 4.39 Å². The molecule has 0 aliphatic carbocycles. The van der Waals surface area contributed by atoms with Gasteiger partial charge in [-0.2, -0.15) is 5.10 Å². The Morgan fingerprint density at radius 2 is 1.88 bits per heavy atom. The Balaban J connectivity index is 0.000000569. The van der Waals surface area contributed by atoms with Crippen molar-refractivity contribution < 1.29 is 4.39 Å². The molecule has 7 heteroatoms. The molecular weight excluding hydrogens is 319 g/mol. The summed E-state index contributed by atoms with van der Waals surface area (Å²) in [6.07, 6.45) is 8.06. The van der Waals surface area contributed by atoms with Gasteiger partial charge in [-0.3, -0.25) is 10.1 Å². The molecule has 3 N–H and O–H groups in total. The molecule has 25 heavy (non-hydrogen) atoms. The summed E-state index contributed by atoms with van der Waals surface area (Å²) < 4.78 is 16.3. The maximum atomic E-state index is 14.5. The van der Waals surface area contributed by atoms with Crippen LogP contribution in [0.1, 0.15) is 31.4 Å². The first-order valence-electron chi connectivity index (χ1n) is 8.20. The second kappa shape index (κ2) is 6.51. The van der Waals surface area contributed by atoms with Crippen molar-refractivity contribution >= 4 is 22.4 Å². The van der Waals surface area contributed by atoms with Gasteiger partial charge in [0.1, 0.15) is 11.6 Å². The number of nitrogens with one attached hydrogen (secondary N) is 1. The lowest BCUT2D eigenvalue weighted by Crippen LogP contribution is -1.97. The zero-order valence-electron chi connectivity index (χ0n) is 14.8. The standard InChI is InChI=1S/C15H13FN6.C3H8/c1-7-13(9-3-19-21-15(9)8(2)14(7)16)10-5-22-6-11(17)20-12(22)4-18-10;1-3-2/h3-6H,17H2,1-2H3,(H,19,21);3H2,1-2H3. The van der Waals surface area contributed by atoms with E-state index < -0.39 is 0 Å². The number of imidazole rings is 1. The van der Waals surface area contributed by atoms with E-state index in [0.717, 1.165) is 10.9 Å². The van der Waals surface area contributed by atoms with E-state index >= 15 is 0 Å². The second-order valence-corrected chi connectivity index (χ2v) is 6.01. The highest BCUT2D eigenvalue weighted by molar-refractivity contribution is 5.97. The molecular formula is C18H21FN6. The summed E-state index contributed by atoms with van der Waals surface area (Å²) in [6.45, 7) is 7.73. The van der Waals surface area contributed by atoms with E-state index in [2.05, 4.69) is 34.0 Å². The molecule has 0 bridgehead atoms. The first kappa shape index (κ1) is 16.9. The van der Waals surface area contributed by atoms with Crippen LogP contribution in [0.2, 0.25) is 0 Å². The Hall–Kier alpha value is -2.96. The molecule has 3 aromatic heterocycles. The number of nitrogens with two attached hydrogens (primary N) is 1. The van der Waals surface area contributed by atoms with E-state index in [1.807, 2.05) is 0 Å². The molecule has 6 nitrogen and oxygen atoms in total. The van der Waals surface area contributed by atoms with Crippen LogP contribution in [0.4, 0.5) is 10.2 Å². The maximum absolute atomic E-state index is 14.5. The zero-order chi connectivity index (χ0) is 18.1. The highest BCUT2D eigenvalue weighted by Crippen LogP contribution is 2.34. The molecule has 130 valence electrons. The van der Waals surface area contributed by atoms with Crippen molar-refractivity contribution in [2.24, 2.45) is 0 Å². The Bertz CT molecular complexity index is 1050. The van der Waals surface area contributed by atoms with Crippen molar-refractivity contribution in [2.45, 2.75) is 34.1 Å². The van der Waals surface area contributed by atoms with Crippen LogP contribution in [0.5, 0.6) is 0 Å². The lowest BCUT2D eigenvalue weighted by Gasteiger charge is -2.11. The number of aromatic nitrogens is 5. The number of nitrogens with zero attached hydrogens (tertiary/aromatic N) is 4. The van der Waals surface area contributed by atoms with Crippen molar-refractivity contribution in [1.29, 1.82) is 0 Å². The van der Waals surface area contributed by atoms with Gasteiger partial charge in [-0.1, -0.05) is 20.3 Å². The summed E-state index contributed by atoms with van der Waals surface area (Å²) in [6, 6.07) is 0. The van der Waals surface area contributed by atoms with Crippen molar-refractivity contribution in [1.82, 2.24) is 24.6 Å². The number of rotatable bonds is 1. The largest absolute Gasteiger partial charge is 0.382 e. The quantitative estimate of drug-likeness (QED) is 0.548. The normalized spacial score (nSPS) is 10.9. The van der Waals surface area contributed by atoms with Crippen molar-refractivity contribution in [3.05, 3.63) is 41.7 Å². The maximum Gasteiger partial charge on any atom is 0.157 e. The van der Waals surface area contributed by atoms with Gasteiger partial charge in [-0.15, -0.1) is 0 Å². The number of anilines is 1. The van der Waals surface area contributed by atoms with Crippen LogP contribution < -0.4 is 5.73 Å². The molecule has 0 saturated heterocycles. The Kier molecular flexibility index (Phi) is 4.39. The third-order valence-electron chi connectivity index (χ3n) is 3.93. The zero-order valence-corrected chi connectivity index (χ0v) is 14.8. The van der Waals surface area contributed by atoms with E-state index in [1.54, 1.807) is 43.0 Å². The fourth-order valence-corrected chi connectivity index (χ4v) is 2.84. The van der Waals surface area contributed by atoms with Crippen molar-refractivity contribution in [3.8, 4) is 11.3 Å². The average molecular weight is 340 g/mol. The van der Waals surface area contributed by atoms with Crippen LogP contribution in [0.25, 0.3) is 27.8 Å². The molecule has 0 unspecified atom stereocenters. The van der Waals surface area contributed by atoms with Gasteiger partial charge in [0.05, 0.1) is 29.8 Å². The molecule has 4 rings (SSSR count). The van der Waals surface area contributed by atoms with Gasteiger partial charge >= 0.3 is 0 Å². The van der Waals surface area contributed by atoms with Crippen LogP contribution >= 0.6 is 0 Å². The minimum absolute atomic E-state index is 0.251. The number of nitrogen functional groups attached to an aromatic ring is 1. The molecule has 0 fully saturated rings. The summed E-state index contributed by atoms with van der Waals surface area (Å²) >= 11 is 0. The molecule has 0 atom stereocenters. The summed E-state index contributed by atoms with van der Waals surface area (Å²) in [5, 5.41) is 7.73. The monoisotopic (exact) mass is 340 g/mol. The minimum Gasteiger partial charge on any atom is -0.382 e. The number of hydrogen-bond donors (Lipinski definition) is 2. The van der Waals surface area contributed by atoms with E-state index in [4.69, 9.17) is 5.73 Å². The number of hydrogen-bond acceptors (Lipinski definition) is 4. The first-order valence-corrected chi connectivity index (χ1v) is 8.20. The number of fused-ring (bicyclic) bond motifs is 2. The molecule has 0 spiro atoms. The fraction of sp³-hybridized carbons (Fsp3) is 0.278. The Morgan fingerprint density at radius 3 is 2.60 bits per heavy atom. The highest BCUT2D eigenvalue weighted by Gasteiger charge is 2.18. The molecule has 3 heterocycles. The predicted octanol–water partition coefficient (Wildman–Crippen LogP) is 4.03. The van der Waals surface area contributed by atoms with Gasteiger partial charge in [0.15, 0.2) is 5.65 Å². The van der Waals surface area contributed by atoms with E-state index in [1.165, 1.54) is 6.42 Å². The van der Waals surface area contributed by atoms with Crippen LogP contribution in [0.15, 0.2) is 24.8 Å². The van der Waals surface area contributed by atoms with Crippen LogP contribution in [0, 0.1) is 19.7 Å². The molecule has 0 aliphatic heterocycles. The summed E-state index contributed by atoms with van der Waals surface area (Å²) in [5.74, 6) is 0.165. The smallest absolute Gasteiger partial charge is 0.157 e. The first-order chi connectivity index (χ1) is 12.0. The number of H-pyrrole nitrogens is 1. The molecule has 1 aromatic carbocycles. The van der Waals surface area contributed by atoms with Crippen molar-refractivity contribution in [3.63, 3.8) is 0 Å². The van der Waals surface area contributed by atoms with Gasteiger partial charge in [0, 0.05) is 22.7 Å². The molecule has 0 amide bonds. The van der Waals surface area contributed by atoms with Crippen LogP contribution in [-0.4, -0.2) is 24.6 Å².